The molecule has 1 aromatic heterocycles. The zero-order valence-electron chi connectivity index (χ0n) is 10.4. The summed E-state index contributed by atoms with van der Waals surface area (Å²) in [6.45, 7) is 5.84. The Hall–Kier alpha value is -0.910. The van der Waals surface area contributed by atoms with Gasteiger partial charge >= 0.3 is 0 Å². The number of aromatic nitrogens is 2. The van der Waals surface area contributed by atoms with E-state index in [2.05, 4.69) is 27.5 Å². The average molecular weight is 238 g/mol. The summed E-state index contributed by atoms with van der Waals surface area (Å²) in [5.74, 6) is 1.05. The van der Waals surface area contributed by atoms with Gasteiger partial charge < -0.3 is 20.4 Å². The van der Waals surface area contributed by atoms with E-state index < -0.39 is 0 Å². The first-order valence-corrected chi connectivity index (χ1v) is 6.37. The summed E-state index contributed by atoms with van der Waals surface area (Å²) in [6.07, 6.45) is 5.72. The molecule has 1 aliphatic heterocycles. The third-order valence-electron chi connectivity index (χ3n) is 3.05. The minimum atomic E-state index is 0.495. The number of nitrogens with one attached hydrogen (secondary N) is 3. The second-order valence-corrected chi connectivity index (χ2v) is 4.60. The monoisotopic (exact) mass is 238 g/mol. The molecule has 1 fully saturated rings. The van der Waals surface area contributed by atoms with E-state index in [0.29, 0.717) is 12.1 Å². The Morgan fingerprint density at radius 3 is 3.29 bits per heavy atom. The van der Waals surface area contributed by atoms with Crippen molar-refractivity contribution >= 4 is 0 Å². The van der Waals surface area contributed by atoms with Gasteiger partial charge in [0, 0.05) is 44.0 Å². The van der Waals surface area contributed by atoms with Crippen molar-refractivity contribution in [3.05, 3.63) is 18.2 Å². The Bertz CT molecular complexity index is 295. The molecule has 2 heterocycles. The highest BCUT2D eigenvalue weighted by molar-refractivity contribution is 4.87. The highest BCUT2D eigenvalue weighted by atomic mass is 16.5. The van der Waals surface area contributed by atoms with Crippen LogP contribution in [0.25, 0.3) is 0 Å². The second kappa shape index (κ2) is 6.74. The van der Waals surface area contributed by atoms with Crippen LogP contribution in [0.3, 0.4) is 0 Å². The van der Waals surface area contributed by atoms with Crippen LogP contribution in [0.5, 0.6) is 0 Å². The van der Waals surface area contributed by atoms with E-state index in [9.17, 15) is 0 Å². The molecule has 17 heavy (non-hydrogen) atoms. The fourth-order valence-electron chi connectivity index (χ4n) is 2.15. The third-order valence-corrected chi connectivity index (χ3v) is 3.05. The van der Waals surface area contributed by atoms with Gasteiger partial charge in [0.25, 0.3) is 0 Å². The van der Waals surface area contributed by atoms with Gasteiger partial charge in [-0.2, -0.15) is 0 Å². The molecule has 2 unspecified atom stereocenters. The number of aromatic amines is 1. The second-order valence-electron chi connectivity index (χ2n) is 4.60. The molecule has 0 amide bonds. The van der Waals surface area contributed by atoms with Crippen molar-refractivity contribution in [3.8, 4) is 0 Å². The predicted molar refractivity (Wildman–Crippen MR) is 67.0 cm³/mol. The maximum Gasteiger partial charge on any atom is 0.107 e. The Morgan fingerprint density at radius 2 is 2.59 bits per heavy atom. The maximum absolute atomic E-state index is 5.44. The molecule has 0 spiro atoms. The normalized spacial score (nSPS) is 22.5. The van der Waals surface area contributed by atoms with Gasteiger partial charge in [-0.25, -0.2) is 4.98 Å². The fourth-order valence-corrected chi connectivity index (χ4v) is 2.15. The molecule has 3 N–H and O–H groups in total. The van der Waals surface area contributed by atoms with Crippen molar-refractivity contribution in [3.63, 3.8) is 0 Å². The predicted octanol–water partition coefficient (Wildman–Crippen LogP) is 0.309. The van der Waals surface area contributed by atoms with Crippen LogP contribution in [-0.2, 0) is 11.2 Å². The first-order chi connectivity index (χ1) is 8.34. The SMILES string of the molecule is CC(CC1COCCN1)NCCc1ncc[nH]1. The Labute approximate surface area is 102 Å². The summed E-state index contributed by atoms with van der Waals surface area (Å²) < 4.78 is 5.44. The van der Waals surface area contributed by atoms with Crippen LogP contribution in [0.2, 0.25) is 0 Å². The van der Waals surface area contributed by atoms with Crippen molar-refractivity contribution < 1.29 is 4.74 Å². The van der Waals surface area contributed by atoms with Crippen LogP contribution in [0, 0.1) is 0 Å². The maximum atomic E-state index is 5.44. The van der Waals surface area contributed by atoms with Gasteiger partial charge in [0.15, 0.2) is 0 Å². The molecule has 2 rings (SSSR count). The van der Waals surface area contributed by atoms with Crippen molar-refractivity contribution in [1.29, 1.82) is 0 Å². The van der Waals surface area contributed by atoms with Gasteiger partial charge in [0.1, 0.15) is 5.82 Å². The number of ether oxygens (including phenoxy) is 1. The van der Waals surface area contributed by atoms with Gasteiger partial charge in [-0.1, -0.05) is 0 Å². The van der Waals surface area contributed by atoms with Gasteiger partial charge in [-0.15, -0.1) is 0 Å². The lowest BCUT2D eigenvalue weighted by Crippen LogP contribution is -2.45. The van der Waals surface area contributed by atoms with Gasteiger partial charge in [0.05, 0.1) is 13.2 Å². The molecule has 0 aliphatic carbocycles. The molecule has 1 saturated heterocycles. The molecule has 5 nitrogen and oxygen atoms in total. The third kappa shape index (κ3) is 4.46. The van der Waals surface area contributed by atoms with Crippen LogP contribution in [0.15, 0.2) is 12.4 Å². The van der Waals surface area contributed by atoms with Crippen LogP contribution in [0.4, 0.5) is 0 Å². The topological polar surface area (TPSA) is 62.0 Å². The highest BCUT2D eigenvalue weighted by Gasteiger charge is 2.15. The van der Waals surface area contributed by atoms with Crippen LogP contribution < -0.4 is 10.6 Å². The molecule has 0 aromatic carbocycles. The molecular weight excluding hydrogens is 216 g/mol. The lowest BCUT2D eigenvalue weighted by atomic mass is 10.1. The number of hydrogen-bond acceptors (Lipinski definition) is 4. The van der Waals surface area contributed by atoms with E-state index in [4.69, 9.17) is 4.74 Å². The first-order valence-electron chi connectivity index (χ1n) is 6.37. The van der Waals surface area contributed by atoms with Gasteiger partial charge in [-0.3, -0.25) is 0 Å². The number of imidazole rings is 1. The van der Waals surface area contributed by atoms with E-state index in [1.54, 1.807) is 6.20 Å². The van der Waals surface area contributed by atoms with Gasteiger partial charge in [-0.05, 0) is 13.3 Å². The minimum absolute atomic E-state index is 0.495. The molecule has 0 radical (unpaired) electrons. The average Bonchev–Trinajstić information content (AvgIpc) is 2.83. The van der Waals surface area contributed by atoms with E-state index in [-0.39, 0.29) is 0 Å². The molecule has 0 saturated carbocycles. The molecule has 2 atom stereocenters. The lowest BCUT2D eigenvalue weighted by molar-refractivity contribution is 0.0713. The first kappa shape index (κ1) is 12.5. The van der Waals surface area contributed by atoms with E-state index >= 15 is 0 Å². The number of nitrogens with zero attached hydrogens (tertiary/aromatic N) is 1. The summed E-state index contributed by atoms with van der Waals surface area (Å²) in [7, 11) is 0. The number of rotatable bonds is 6. The lowest BCUT2D eigenvalue weighted by Gasteiger charge is -2.26. The molecule has 1 aliphatic rings. The van der Waals surface area contributed by atoms with Gasteiger partial charge in [0.2, 0.25) is 0 Å². The molecular formula is C12H22N4O. The summed E-state index contributed by atoms with van der Waals surface area (Å²) in [5.41, 5.74) is 0. The summed E-state index contributed by atoms with van der Waals surface area (Å²) in [5, 5.41) is 6.98. The highest BCUT2D eigenvalue weighted by Crippen LogP contribution is 2.02. The number of hydrogen-bond donors (Lipinski definition) is 3. The van der Waals surface area contributed by atoms with E-state index in [0.717, 1.165) is 45.0 Å². The Kier molecular flexibility index (Phi) is 4.97. The Balaban J connectivity index is 1.58. The van der Waals surface area contributed by atoms with Crippen LogP contribution >= 0.6 is 0 Å². The largest absolute Gasteiger partial charge is 0.379 e. The van der Waals surface area contributed by atoms with Crippen molar-refractivity contribution in [2.75, 3.05) is 26.3 Å². The van der Waals surface area contributed by atoms with Crippen molar-refractivity contribution in [2.45, 2.75) is 31.8 Å². The van der Waals surface area contributed by atoms with Crippen LogP contribution in [-0.4, -0.2) is 48.4 Å². The summed E-state index contributed by atoms with van der Waals surface area (Å²) in [4.78, 5) is 7.31. The zero-order valence-corrected chi connectivity index (χ0v) is 10.4. The number of H-pyrrole nitrogens is 1. The number of morpholine rings is 1. The smallest absolute Gasteiger partial charge is 0.107 e. The summed E-state index contributed by atoms with van der Waals surface area (Å²) >= 11 is 0. The fraction of sp³-hybridized carbons (Fsp3) is 0.750. The zero-order chi connectivity index (χ0) is 11.9. The van der Waals surface area contributed by atoms with Crippen molar-refractivity contribution in [2.24, 2.45) is 0 Å². The molecule has 1 aromatic rings. The van der Waals surface area contributed by atoms with E-state index in [1.165, 1.54) is 0 Å². The van der Waals surface area contributed by atoms with Crippen LogP contribution in [0.1, 0.15) is 19.2 Å². The molecule has 0 bridgehead atoms. The molecule has 5 heteroatoms. The quantitative estimate of drug-likeness (QED) is 0.667. The summed E-state index contributed by atoms with van der Waals surface area (Å²) in [6, 6.07) is 0.999. The molecule has 96 valence electrons. The van der Waals surface area contributed by atoms with E-state index in [1.807, 2.05) is 6.20 Å². The standard InChI is InChI=1S/C12H22N4O/c1-10(8-11-9-17-7-6-14-11)13-3-2-12-15-4-5-16-12/h4-5,10-11,13-14H,2-3,6-9H2,1H3,(H,15,16). The Morgan fingerprint density at radius 1 is 1.65 bits per heavy atom. The minimum Gasteiger partial charge on any atom is -0.379 e. The van der Waals surface area contributed by atoms with Crippen molar-refractivity contribution in [1.82, 2.24) is 20.6 Å².